The van der Waals surface area contributed by atoms with E-state index in [0.29, 0.717) is 23.0 Å². The summed E-state index contributed by atoms with van der Waals surface area (Å²) in [5, 5.41) is 2.72. The summed E-state index contributed by atoms with van der Waals surface area (Å²) in [5.74, 6) is 0.624. The molecule has 0 bridgehead atoms. The van der Waals surface area contributed by atoms with Crippen molar-refractivity contribution in [2.75, 3.05) is 22.4 Å². The van der Waals surface area contributed by atoms with Gasteiger partial charge in [-0.2, -0.15) is 0 Å². The number of anilines is 2. The minimum Gasteiger partial charge on any atom is -0.491 e. The van der Waals surface area contributed by atoms with E-state index >= 15 is 0 Å². The maximum Gasteiger partial charge on any atom is 0.245 e. The topological polar surface area (TPSA) is 75.7 Å². The molecule has 0 radical (unpaired) electrons. The van der Waals surface area contributed by atoms with Crippen molar-refractivity contribution >= 4 is 27.3 Å². The molecule has 1 amide bonds. The average molecular weight is 405 g/mol. The van der Waals surface area contributed by atoms with Crippen molar-refractivity contribution in [3.8, 4) is 5.75 Å². The average Bonchev–Trinajstić information content (AvgIpc) is 2.60. The first-order chi connectivity index (χ1) is 13.1. The number of benzene rings is 2. The van der Waals surface area contributed by atoms with Crippen LogP contribution >= 0.6 is 0 Å². The zero-order valence-corrected chi connectivity index (χ0v) is 17.8. The van der Waals surface area contributed by atoms with Gasteiger partial charge in [0, 0.05) is 5.69 Å². The molecule has 0 aliphatic carbocycles. The third kappa shape index (κ3) is 6.27. The molecule has 0 fully saturated rings. The van der Waals surface area contributed by atoms with Gasteiger partial charge in [0.2, 0.25) is 15.9 Å². The van der Waals surface area contributed by atoms with Crippen LogP contribution in [0.1, 0.15) is 39.2 Å². The van der Waals surface area contributed by atoms with Crippen LogP contribution in [0.25, 0.3) is 0 Å². The van der Waals surface area contributed by atoms with E-state index in [1.54, 1.807) is 36.4 Å². The number of rotatable bonds is 8. The first-order valence-electron chi connectivity index (χ1n) is 9.20. The fourth-order valence-corrected chi connectivity index (χ4v) is 3.50. The summed E-state index contributed by atoms with van der Waals surface area (Å²) < 4.78 is 31.1. The highest BCUT2D eigenvalue weighted by Crippen LogP contribution is 2.22. The molecule has 2 rings (SSSR count). The highest BCUT2D eigenvalue weighted by Gasteiger charge is 2.21. The van der Waals surface area contributed by atoms with E-state index in [2.05, 4.69) is 19.2 Å². The van der Waals surface area contributed by atoms with Crippen LogP contribution in [0.5, 0.6) is 5.75 Å². The Morgan fingerprint density at radius 3 is 2.04 bits per heavy atom. The monoisotopic (exact) mass is 404 g/mol. The number of hydrogen-bond acceptors (Lipinski definition) is 4. The first-order valence-corrected chi connectivity index (χ1v) is 11.1. The molecule has 0 heterocycles. The van der Waals surface area contributed by atoms with Crippen molar-refractivity contribution in [1.29, 1.82) is 0 Å². The van der Waals surface area contributed by atoms with Crippen LogP contribution in [0, 0.1) is 0 Å². The fraction of sp³-hybridized carbons (Fsp3) is 0.381. The van der Waals surface area contributed by atoms with Crippen LogP contribution < -0.4 is 14.4 Å². The molecule has 28 heavy (non-hydrogen) atoms. The molecule has 2 aromatic rings. The molecular weight excluding hydrogens is 376 g/mol. The van der Waals surface area contributed by atoms with Gasteiger partial charge in [-0.05, 0) is 61.7 Å². The summed E-state index contributed by atoms with van der Waals surface area (Å²) in [6.45, 7) is 7.69. The molecule has 6 nitrogen and oxygen atoms in total. The Morgan fingerprint density at radius 1 is 1.00 bits per heavy atom. The quantitative estimate of drug-likeness (QED) is 0.721. The van der Waals surface area contributed by atoms with Crippen LogP contribution in [0.2, 0.25) is 0 Å². The lowest BCUT2D eigenvalue weighted by atomic mass is 10.0. The van der Waals surface area contributed by atoms with E-state index in [1.807, 2.05) is 26.0 Å². The van der Waals surface area contributed by atoms with Crippen LogP contribution in [0.4, 0.5) is 11.4 Å². The van der Waals surface area contributed by atoms with Crippen molar-refractivity contribution < 1.29 is 17.9 Å². The fourth-order valence-electron chi connectivity index (χ4n) is 2.65. The van der Waals surface area contributed by atoms with E-state index < -0.39 is 15.9 Å². The standard InChI is InChI=1S/C21H28N2O4S/c1-15(2)17-6-10-19(11-7-17)23(28(5,25)26)14-21(24)22-18-8-12-20(13-9-18)27-16(3)4/h6-13,15-16H,14H2,1-5H3,(H,22,24). The Morgan fingerprint density at radius 2 is 1.57 bits per heavy atom. The summed E-state index contributed by atoms with van der Waals surface area (Å²) in [5.41, 5.74) is 2.14. The van der Waals surface area contributed by atoms with E-state index in [-0.39, 0.29) is 12.6 Å². The van der Waals surface area contributed by atoms with Gasteiger partial charge in [0.1, 0.15) is 12.3 Å². The number of sulfonamides is 1. The van der Waals surface area contributed by atoms with Gasteiger partial charge in [0.15, 0.2) is 0 Å². The molecule has 0 aliphatic rings. The maximum atomic E-state index is 12.4. The zero-order chi connectivity index (χ0) is 20.9. The molecule has 0 saturated heterocycles. The zero-order valence-electron chi connectivity index (χ0n) is 17.0. The first kappa shape index (κ1) is 21.8. The Balaban J connectivity index is 2.11. The molecule has 152 valence electrons. The number of carbonyl (C=O) groups excluding carboxylic acids is 1. The van der Waals surface area contributed by atoms with Gasteiger partial charge in [-0.15, -0.1) is 0 Å². The van der Waals surface area contributed by atoms with Gasteiger partial charge in [0.05, 0.1) is 18.0 Å². The second-order valence-corrected chi connectivity index (χ2v) is 9.16. The lowest BCUT2D eigenvalue weighted by Crippen LogP contribution is -2.37. The van der Waals surface area contributed by atoms with Crippen molar-refractivity contribution in [2.45, 2.75) is 39.7 Å². The summed E-state index contributed by atoms with van der Waals surface area (Å²) in [6, 6.07) is 14.2. The van der Waals surface area contributed by atoms with Gasteiger partial charge in [0.25, 0.3) is 0 Å². The van der Waals surface area contributed by atoms with Crippen LogP contribution in [-0.4, -0.2) is 33.2 Å². The third-order valence-electron chi connectivity index (χ3n) is 4.05. The second kappa shape index (κ2) is 9.10. The number of amides is 1. The molecule has 0 saturated carbocycles. The minimum atomic E-state index is -3.61. The smallest absolute Gasteiger partial charge is 0.245 e. The summed E-state index contributed by atoms with van der Waals surface area (Å²) >= 11 is 0. The molecule has 0 atom stereocenters. The number of hydrogen-bond donors (Lipinski definition) is 1. The maximum absolute atomic E-state index is 12.4. The van der Waals surface area contributed by atoms with E-state index in [9.17, 15) is 13.2 Å². The molecule has 0 aliphatic heterocycles. The van der Waals surface area contributed by atoms with Crippen molar-refractivity contribution in [3.05, 3.63) is 54.1 Å². The molecule has 0 unspecified atom stereocenters. The van der Waals surface area contributed by atoms with E-state index in [1.165, 1.54) is 0 Å². The van der Waals surface area contributed by atoms with E-state index in [0.717, 1.165) is 16.1 Å². The number of carbonyl (C=O) groups is 1. The van der Waals surface area contributed by atoms with Gasteiger partial charge in [-0.1, -0.05) is 26.0 Å². The third-order valence-corrected chi connectivity index (χ3v) is 5.19. The van der Waals surface area contributed by atoms with Crippen LogP contribution in [0.15, 0.2) is 48.5 Å². The number of nitrogens with one attached hydrogen (secondary N) is 1. The lowest BCUT2D eigenvalue weighted by Gasteiger charge is -2.22. The lowest BCUT2D eigenvalue weighted by molar-refractivity contribution is -0.114. The van der Waals surface area contributed by atoms with Gasteiger partial charge in [-0.3, -0.25) is 9.10 Å². The molecule has 0 spiro atoms. The normalized spacial score (nSPS) is 11.5. The van der Waals surface area contributed by atoms with Gasteiger partial charge >= 0.3 is 0 Å². The second-order valence-electron chi connectivity index (χ2n) is 7.26. The SMILES string of the molecule is CC(C)Oc1ccc(NC(=O)CN(c2ccc(C(C)C)cc2)S(C)(=O)=O)cc1. The molecule has 1 N–H and O–H groups in total. The largest absolute Gasteiger partial charge is 0.491 e. The summed E-state index contributed by atoms with van der Waals surface area (Å²) in [7, 11) is -3.61. The van der Waals surface area contributed by atoms with Crippen LogP contribution in [0.3, 0.4) is 0 Å². The highest BCUT2D eigenvalue weighted by molar-refractivity contribution is 7.92. The Kier molecular flexibility index (Phi) is 7.07. The predicted octanol–water partition coefficient (Wildman–Crippen LogP) is 4.00. The predicted molar refractivity (Wildman–Crippen MR) is 114 cm³/mol. The van der Waals surface area contributed by atoms with Crippen molar-refractivity contribution in [2.24, 2.45) is 0 Å². The van der Waals surface area contributed by atoms with Gasteiger partial charge in [-0.25, -0.2) is 8.42 Å². The Hall–Kier alpha value is -2.54. The summed E-state index contributed by atoms with van der Waals surface area (Å²) in [4.78, 5) is 12.4. The number of ether oxygens (including phenoxy) is 1. The molecule has 0 aromatic heterocycles. The Bertz CT molecular complexity index is 889. The van der Waals surface area contributed by atoms with Crippen LogP contribution in [-0.2, 0) is 14.8 Å². The molecule has 7 heteroatoms. The van der Waals surface area contributed by atoms with Crippen molar-refractivity contribution in [1.82, 2.24) is 0 Å². The van der Waals surface area contributed by atoms with Crippen molar-refractivity contribution in [3.63, 3.8) is 0 Å². The summed E-state index contributed by atoms with van der Waals surface area (Å²) in [6.07, 6.45) is 1.15. The Labute approximate surface area is 167 Å². The minimum absolute atomic E-state index is 0.0610. The van der Waals surface area contributed by atoms with Gasteiger partial charge < -0.3 is 10.1 Å². The molecular formula is C21H28N2O4S. The van der Waals surface area contributed by atoms with E-state index in [4.69, 9.17) is 4.74 Å². The highest BCUT2D eigenvalue weighted by atomic mass is 32.2. The molecule has 2 aromatic carbocycles. The number of nitrogens with zero attached hydrogens (tertiary/aromatic N) is 1.